The quantitative estimate of drug-likeness (QED) is 0.744. The van der Waals surface area contributed by atoms with Gasteiger partial charge < -0.3 is 15.3 Å². The molecule has 17 heavy (non-hydrogen) atoms. The fourth-order valence-corrected chi connectivity index (χ4v) is 2.53. The van der Waals surface area contributed by atoms with Crippen molar-refractivity contribution in [3.63, 3.8) is 0 Å². The van der Waals surface area contributed by atoms with Gasteiger partial charge in [0.25, 0.3) is 0 Å². The number of aromatic nitrogens is 1. The molecular formula is C12H23N3OS. The number of thiazole rings is 1. The average molecular weight is 257 g/mol. The Morgan fingerprint density at radius 3 is 2.76 bits per heavy atom. The molecule has 0 aromatic carbocycles. The Morgan fingerprint density at radius 2 is 2.18 bits per heavy atom. The third-order valence-corrected chi connectivity index (χ3v) is 3.74. The van der Waals surface area contributed by atoms with E-state index in [0.717, 1.165) is 31.3 Å². The average Bonchev–Trinajstić information content (AvgIpc) is 2.79. The predicted octanol–water partition coefficient (Wildman–Crippen LogP) is 1.71. The third kappa shape index (κ3) is 4.61. The second-order valence-electron chi connectivity index (χ2n) is 4.20. The van der Waals surface area contributed by atoms with Crippen LogP contribution in [0.4, 0.5) is 5.13 Å². The summed E-state index contributed by atoms with van der Waals surface area (Å²) in [4.78, 5) is 7.93. The van der Waals surface area contributed by atoms with Crippen LogP contribution in [0.3, 0.4) is 0 Å². The molecule has 98 valence electrons. The molecule has 1 rings (SSSR count). The summed E-state index contributed by atoms with van der Waals surface area (Å²) in [6.07, 6.45) is 1.94. The van der Waals surface area contributed by atoms with Crippen molar-refractivity contribution < 1.29 is 5.11 Å². The van der Waals surface area contributed by atoms with Gasteiger partial charge in [0.2, 0.25) is 0 Å². The topological polar surface area (TPSA) is 48.4 Å². The van der Waals surface area contributed by atoms with Crippen molar-refractivity contribution in [2.75, 3.05) is 31.1 Å². The van der Waals surface area contributed by atoms with E-state index in [9.17, 15) is 0 Å². The van der Waals surface area contributed by atoms with Crippen molar-refractivity contribution in [1.29, 1.82) is 0 Å². The van der Waals surface area contributed by atoms with Crippen LogP contribution in [0.25, 0.3) is 0 Å². The van der Waals surface area contributed by atoms with Crippen LogP contribution in [0.15, 0.2) is 6.20 Å². The van der Waals surface area contributed by atoms with Crippen LogP contribution < -0.4 is 10.2 Å². The maximum Gasteiger partial charge on any atom is 0.185 e. The molecule has 0 aliphatic carbocycles. The highest BCUT2D eigenvalue weighted by Gasteiger charge is 2.07. The summed E-state index contributed by atoms with van der Waals surface area (Å²) in [6, 6.07) is 0. The summed E-state index contributed by atoms with van der Waals surface area (Å²) in [5.41, 5.74) is 0. The molecule has 1 heterocycles. The zero-order valence-corrected chi connectivity index (χ0v) is 11.8. The second kappa shape index (κ2) is 7.63. The van der Waals surface area contributed by atoms with E-state index in [-0.39, 0.29) is 6.61 Å². The van der Waals surface area contributed by atoms with Crippen LogP contribution in [-0.4, -0.2) is 36.3 Å². The minimum Gasteiger partial charge on any atom is -0.396 e. The summed E-state index contributed by atoms with van der Waals surface area (Å²) in [7, 11) is 0. The molecule has 0 saturated carbocycles. The van der Waals surface area contributed by atoms with Crippen molar-refractivity contribution in [2.24, 2.45) is 5.92 Å². The molecule has 0 saturated heterocycles. The maximum absolute atomic E-state index is 8.92. The Hall–Kier alpha value is -0.650. The largest absolute Gasteiger partial charge is 0.396 e. The normalized spacial score (nSPS) is 12.7. The van der Waals surface area contributed by atoms with Crippen LogP contribution in [0, 0.1) is 5.92 Å². The first-order valence-electron chi connectivity index (χ1n) is 6.22. The van der Waals surface area contributed by atoms with E-state index in [2.05, 4.69) is 29.0 Å². The smallest absolute Gasteiger partial charge is 0.185 e. The molecule has 0 aliphatic heterocycles. The van der Waals surface area contributed by atoms with E-state index >= 15 is 0 Å². The standard InChI is InChI=1S/C12H23N3OS/c1-4-15(5-2)12-14-8-11(17-12)7-13-6-10(3)9-16/h8,10,13,16H,4-7,9H2,1-3H3. The Kier molecular flexibility index (Phi) is 6.47. The zero-order chi connectivity index (χ0) is 12.7. The van der Waals surface area contributed by atoms with Gasteiger partial charge in [0.1, 0.15) is 0 Å². The van der Waals surface area contributed by atoms with Gasteiger partial charge in [0.15, 0.2) is 5.13 Å². The number of aliphatic hydroxyl groups is 1. The number of nitrogens with zero attached hydrogens (tertiary/aromatic N) is 2. The molecule has 0 amide bonds. The van der Waals surface area contributed by atoms with Gasteiger partial charge in [-0.15, -0.1) is 11.3 Å². The zero-order valence-electron chi connectivity index (χ0n) is 10.9. The van der Waals surface area contributed by atoms with Crippen molar-refractivity contribution in [3.8, 4) is 0 Å². The van der Waals surface area contributed by atoms with E-state index in [1.807, 2.05) is 13.1 Å². The number of hydrogen-bond donors (Lipinski definition) is 2. The first-order chi connectivity index (χ1) is 8.21. The molecule has 2 N–H and O–H groups in total. The predicted molar refractivity (Wildman–Crippen MR) is 73.6 cm³/mol. The summed E-state index contributed by atoms with van der Waals surface area (Å²) in [5, 5.41) is 13.3. The maximum atomic E-state index is 8.92. The monoisotopic (exact) mass is 257 g/mol. The minimum absolute atomic E-state index is 0.236. The lowest BCUT2D eigenvalue weighted by molar-refractivity contribution is 0.233. The molecule has 1 aromatic heterocycles. The number of nitrogens with one attached hydrogen (secondary N) is 1. The molecule has 4 nitrogen and oxygen atoms in total. The first kappa shape index (κ1) is 14.4. The van der Waals surface area contributed by atoms with Crippen molar-refractivity contribution in [2.45, 2.75) is 27.3 Å². The Balaban J connectivity index is 2.40. The van der Waals surface area contributed by atoms with Crippen molar-refractivity contribution in [3.05, 3.63) is 11.1 Å². The number of anilines is 1. The van der Waals surface area contributed by atoms with Crippen LogP contribution >= 0.6 is 11.3 Å². The lowest BCUT2D eigenvalue weighted by atomic mass is 10.2. The molecule has 5 heteroatoms. The van der Waals surface area contributed by atoms with Gasteiger partial charge in [-0.05, 0) is 19.8 Å². The second-order valence-corrected chi connectivity index (χ2v) is 5.29. The summed E-state index contributed by atoms with van der Waals surface area (Å²) < 4.78 is 0. The first-order valence-corrected chi connectivity index (χ1v) is 7.04. The molecule has 0 bridgehead atoms. The lowest BCUT2D eigenvalue weighted by Gasteiger charge is -2.16. The van der Waals surface area contributed by atoms with Gasteiger partial charge in [-0.3, -0.25) is 0 Å². The highest BCUT2D eigenvalue weighted by molar-refractivity contribution is 7.15. The van der Waals surface area contributed by atoms with E-state index in [1.165, 1.54) is 4.88 Å². The summed E-state index contributed by atoms with van der Waals surface area (Å²) >= 11 is 1.74. The number of rotatable bonds is 8. The van der Waals surface area contributed by atoms with Gasteiger partial charge in [0, 0.05) is 43.9 Å². The third-order valence-electron chi connectivity index (χ3n) is 2.68. The molecular weight excluding hydrogens is 234 g/mol. The molecule has 0 radical (unpaired) electrons. The highest BCUT2D eigenvalue weighted by atomic mass is 32.1. The van der Waals surface area contributed by atoms with Gasteiger partial charge in [-0.25, -0.2) is 4.98 Å². The van der Waals surface area contributed by atoms with Crippen LogP contribution in [0.5, 0.6) is 0 Å². The molecule has 0 aliphatic rings. The van der Waals surface area contributed by atoms with Gasteiger partial charge >= 0.3 is 0 Å². The Bertz CT molecular complexity index is 312. The molecule has 1 atom stereocenters. The number of aliphatic hydroxyl groups excluding tert-OH is 1. The fourth-order valence-electron chi connectivity index (χ4n) is 1.53. The van der Waals surface area contributed by atoms with E-state index in [0.29, 0.717) is 5.92 Å². The minimum atomic E-state index is 0.236. The molecule has 0 fully saturated rings. The van der Waals surface area contributed by atoms with E-state index < -0.39 is 0 Å². The fraction of sp³-hybridized carbons (Fsp3) is 0.750. The van der Waals surface area contributed by atoms with E-state index in [4.69, 9.17) is 5.11 Å². The van der Waals surface area contributed by atoms with Crippen molar-refractivity contribution >= 4 is 16.5 Å². The van der Waals surface area contributed by atoms with Crippen LogP contribution in [0.1, 0.15) is 25.6 Å². The summed E-state index contributed by atoms with van der Waals surface area (Å²) in [5.74, 6) is 0.310. The number of hydrogen-bond acceptors (Lipinski definition) is 5. The SMILES string of the molecule is CCN(CC)c1ncc(CNCC(C)CO)s1. The molecule has 0 spiro atoms. The van der Waals surface area contributed by atoms with Crippen LogP contribution in [0.2, 0.25) is 0 Å². The lowest BCUT2D eigenvalue weighted by Crippen LogP contribution is -2.22. The Morgan fingerprint density at radius 1 is 1.47 bits per heavy atom. The molecule has 1 aromatic rings. The van der Waals surface area contributed by atoms with E-state index in [1.54, 1.807) is 11.3 Å². The van der Waals surface area contributed by atoms with Gasteiger partial charge in [-0.2, -0.15) is 0 Å². The van der Waals surface area contributed by atoms with Crippen LogP contribution in [-0.2, 0) is 6.54 Å². The Labute approximate surface area is 108 Å². The van der Waals surface area contributed by atoms with Gasteiger partial charge in [0.05, 0.1) is 0 Å². The van der Waals surface area contributed by atoms with Crippen molar-refractivity contribution in [1.82, 2.24) is 10.3 Å². The molecule has 1 unspecified atom stereocenters. The highest BCUT2D eigenvalue weighted by Crippen LogP contribution is 2.21. The van der Waals surface area contributed by atoms with Gasteiger partial charge in [-0.1, -0.05) is 6.92 Å². The summed E-state index contributed by atoms with van der Waals surface area (Å²) in [6.45, 7) is 10.2.